The molecule has 1 aromatic rings. The Kier molecular flexibility index (Phi) is 5.70. The lowest BCUT2D eigenvalue weighted by Gasteiger charge is -2.26. The molecular formula is C15H22N2O3. The summed E-state index contributed by atoms with van der Waals surface area (Å²) in [6, 6.07) is 8.11. The van der Waals surface area contributed by atoms with Crippen LogP contribution in [0.5, 0.6) is 0 Å². The Labute approximate surface area is 119 Å². The van der Waals surface area contributed by atoms with Crippen molar-refractivity contribution in [3.8, 4) is 0 Å². The number of nitrogens with two attached hydrogens (primary N) is 1. The molecule has 2 unspecified atom stereocenters. The molecule has 0 saturated heterocycles. The van der Waals surface area contributed by atoms with E-state index in [1.54, 1.807) is 31.2 Å². The van der Waals surface area contributed by atoms with Crippen LogP contribution in [0.25, 0.3) is 0 Å². The summed E-state index contributed by atoms with van der Waals surface area (Å²) in [5.74, 6) is -0.879. The molecule has 1 amide bonds. The highest BCUT2D eigenvalue weighted by Crippen LogP contribution is 2.17. The molecule has 3 N–H and O–H groups in total. The zero-order valence-electron chi connectivity index (χ0n) is 12.2. The SMILES string of the molecule is CCCC(C)(N)C(=O)NC(C(=O)OC)c1ccccc1. The third-order valence-electron chi connectivity index (χ3n) is 3.13. The van der Waals surface area contributed by atoms with Crippen molar-refractivity contribution in [3.63, 3.8) is 0 Å². The maximum absolute atomic E-state index is 12.2. The fourth-order valence-corrected chi connectivity index (χ4v) is 1.97. The summed E-state index contributed by atoms with van der Waals surface area (Å²) < 4.78 is 4.75. The zero-order valence-corrected chi connectivity index (χ0v) is 12.2. The molecule has 0 aliphatic rings. The van der Waals surface area contributed by atoms with Gasteiger partial charge in [0.25, 0.3) is 0 Å². The van der Waals surface area contributed by atoms with Crippen molar-refractivity contribution in [2.24, 2.45) is 5.73 Å². The minimum atomic E-state index is -1.00. The number of carbonyl (C=O) groups is 2. The van der Waals surface area contributed by atoms with Gasteiger partial charge in [0.15, 0.2) is 6.04 Å². The van der Waals surface area contributed by atoms with E-state index in [-0.39, 0.29) is 5.91 Å². The summed E-state index contributed by atoms with van der Waals surface area (Å²) in [7, 11) is 1.29. The van der Waals surface area contributed by atoms with Crippen LogP contribution in [0.3, 0.4) is 0 Å². The van der Waals surface area contributed by atoms with Gasteiger partial charge in [-0.05, 0) is 18.9 Å². The van der Waals surface area contributed by atoms with E-state index in [0.717, 1.165) is 6.42 Å². The van der Waals surface area contributed by atoms with Gasteiger partial charge in [-0.2, -0.15) is 0 Å². The van der Waals surface area contributed by atoms with Gasteiger partial charge >= 0.3 is 5.97 Å². The summed E-state index contributed by atoms with van der Waals surface area (Å²) in [6.07, 6.45) is 1.33. The minimum Gasteiger partial charge on any atom is -0.467 e. The number of esters is 1. The summed E-state index contributed by atoms with van der Waals surface area (Å²) in [4.78, 5) is 24.1. The molecule has 0 radical (unpaired) electrons. The lowest BCUT2D eigenvalue weighted by Crippen LogP contribution is -2.53. The highest BCUT2D eigenvalue weighted by molar-refractivity contribution is 5.90. The molecule has 0 spiro atoms. The molecular weight excluding hydrogens is 256 g/mol. The van der Waals surface area contributed by atoms with Crippen LogP contribution >= 0.6 is 0 Å². The Morgan fingerprint density at radius 3 is 2.45 bits per heavy atom. The second-order valence-electron chi connectivity index (χ2n) is 5.01. The van der Waals surface area contributed by atoms with Crippen molar-refractivity contribution in [1.82, 2.24) is 5.32 Å². The van der Waals surface area contributed by atoms with E-state index in [0.29, 0.717) is 12.0 Å². The predicted octanol–water partition coefficient (Wildman–Crippen LogP) is 1.53. The zero-order chi connectivity index (χ0) is 15.2. The van der Waals surface area contributed by atoms with Gasteiger partial charge in [-0.25, -0.2) is 4.79 Å². The summed E-state index contributed by atoms with van der Waals surface area (Å²) in [5.41, 5.74) is 5.64. The van der Waals surface area contributed by atoms with Crippen molar-refractivity contribution >= 4 is 11.9 Å². The predicted molar refractivity (Wildman–Crippen MR) is 76.8 cm³/mol. The molecule has 110 valence electrons. The first-order valence-electron chi connectivity index (χ1n) is 6.65. The first-order chi connectivity index (χ1) is 9.42. The quantitative estimate of drug-likeness (QED) is 0.773. The minimum absolute atomic E-state index is 0.362. The highest BCUT2D eigenvalue weighted by Gasteiger charge is 2.32. The van der Waals surface area contributed by atoms with Gasteiger partial charge in [-0.1, -0.05) is 43.7 Å². The topological polar surface area (TPSA) is 81.4 Å². The smallest absolute Gasteiger partial charge is 0.333 e. The van der Waals surface area contributed by atoms with Crippen LogP contribution in [-0.4, -0.2) is 24.5 Å². The summed E-state index contributed by atoms with van der Waals surface area (Å²) in [5, 5.41) is 2.67. The Morgan fingerprint density at radius 1 is 1.35 bits per heavy atom. The Balaban J connectivity index is 2.92. The van der Waals surface area contributed by atoms with Gasteiger partial charge in [0.1, 0.15) is 0 Å². The third kappa shape index (κ3) is 4.06. The van der Waals surface area contributed by atoms with Crippen molar-refractivity contribution in [1.29, 1.82) is 0 Å². The van der Waals surface area contributed by atoms with Crippen LogP contribution in [0.15, 0.2) is 30.3 Å². The molecule has 0 aliphatic heterocycles. The average molecular weight is 278 g/mol. The van der Waals surface area contributed by atoms with Crippen molar-refractivity contribution in [2.45, 2.75) is 38.3 Å². The van der Waals surface area contributed by atoms with Crippen LogP contribution in [0, 0.1) is 0 Å². The highest BCUT2D eigenvalue weighted by atomic mass is 16.5. The lowest BCUT2D eigenvalue weighted by atomic mass is 9.95. The van der Waals surface area contributed by atoms with E-state index in [1.165, 1.54) is 7.11 Å². The number of benzene rings is 1. The molecule has 1 rings (SSSR count). The monoisotopic (exact) mass is 278 g/mol. The van der Waals surface area contributed by atoms with E-state index >= 15 is 0 Å². The lowest BCUT2D eigenvalue weighted by molar-refractivity contribution is -0.146. The fraction of sp³-hybridized carbons (Fsp3) is 0.467. The van der Waals surface area contributed by atoms with E-state index in [4.69, 9.17) is 10.5 Å². The van der Waals surface area contributed by atoms with Crippen molar-refractivity contribution in [3.05, 3.63) is 35.9 Å². The van der Waals surface area contributed by atoms with Crippen LogP contribution in [0.4, 0.5) is 0 Å². The van der Waals surface area contributed by atoms with Crippen LogP contribution < -0.4 is 11.1 Å². The molecule has 0 aliphatic carbocycles. The van der Waals surface area contributed by atoms with Crippen molar-refractivity contribution in [2.75, 3.05) is 7.11 Å². The van der Waals surface area contributed by atoms with E-state index in [9.17, 15) is 9.59 Å². The Morgan fingerprint density at radius 2 is 1.95 bits per heavy atom. The molecule has 20 heavy (non-hydrogen) atoms. The van der Waals surface area contributed by atoms with E-state index in [1.807, 2.05) is 13.0 Å². The number of amides is 1. The molecule has 0 fully saturated rings. The van der Waals surface area contributed by atoms with Crippen LogP contribution in [0.1, 0.15) is 38.3 Å². The van der Waals surface area contributed by atoms with Gasteiger partial charge in [-0.3, -0.25) is 4.79 Å². The number of hydrogen-bond acceptors (Lipinski definition) is 4. The number of hydrogen-bond donors (Lipinski definition) is 2. The summed E-state index contributed by atoms with van der Waals surface area (Å²) in [6.45, 7) is 3.61. The maximum atomic E-state index is 12.2. The van der Waals surface area contributed by atoms with Crippen LogP contribution in [-0.2, 0) is 14.3 Å². The van der Waals surface area contributed by atoms with Crippen molar-refractivity contribution < 1.29 is 14.3 Å². The Bertz CT molecular complexity index is 457. The van der Waals surface area contributed by atoms with E-state index < -0.39 is 17.6 Å². The second-order valence-corrected chi connectivity index (χ2v) is 5.01. The van der Waals surface area contributed by atoms with Gasteiger partial charge < -0.3 is 15.8 Å². The molecule has 5 heteroatoms. The number of ether oxygens (including phenoxy) is 1. The molecule has 5 nitrogen and oxygen atoms in total. The maximum Gasteiger partial charge on any atom is 0.333 e. The standard InChI is InChI=1S/C15H22N2O3/c1-4-10-15(2,16)14(19)17-12(13(18)20-3)11-8-6-5-7-9-11/h5-9,12H,4,10,16H2,1-3H3,(H,17,19). The number of rotatable bonds is 6. The number of nitrogens with one attached hydrogen (secondary N) is 1. The van der Waals surface area contributed by atoms with Crippen LogP contribution in [0.2, 0.25) is 0 Å². The molecule has 0 aromatic heterocycles. The molecule has 2 atom stereocenters. The van der Waals surface area contributed by atoms with Gasteiger partial charge in [0.2, 0.25) is 5.91 Å². The molecule has 0 saturated carbocycles. The first kappa shape index (κ1) is 16.2. The second kappa shape index (κ2) is 7.05. The third-order valence-corrected chi connectivity index (χ3v) is 3.13. The molecule has 0 heterocycles. The van der Waals surface area contributed by atoms with Gasteiger partial charge in [-0.15, -0.1) is 0 Å². The van der Waals surface area contributed by atoms with Gasteiger partial charge in [0, 0.05) is 0 Å². The van der Waals surface area contributed by atoms with Gasteiger partial charge in [0.05, 0.1) is 12.6 Å². The summed E-state index contributed by atoms with van der Waals surface area (Å²) >= 11 is 0. The van der Waals surface area contributed by atoms with E-state index in [2.05, 4.69) is 5.32 Å². The fourth-order valence-electron chi connectivity index (χ4n) is 1.97. The number of carbonyl (C=O) groups excluding carboxylic acids is 2. The molecule has 0 bridgehead atoms. The molecule has 1 aromatic carbocycles. The average Bonchev–Trinajstić information content (AvgIpc) is 2.44. The normalized spacial score (nSPS) is 15.0. The Hall–Kier alpha value is -1.88. The number of methoxy groups -OCH3 is 1. The largest absolute Gasteiger partial charge is 0.467 e. The first-order valence-corrected chi connectivity index (χ1v) is 6.65.